The third-order valence-electron chi connectivity index (χ3n) is 6.84. The molecule has 1 fully saturated rings. The third kappa shape index (κ3) is 5.04. The number of benzene rings is 2. The van der Waals surface area contributed by atoms with Crippen LogP contribution in [0.15, 0.2) is 60.7 Å². The van der Waals surface area contributed by atoms with Gasteiger partial charge in [0, 0.05) is 45.2 Å². The first kappa shape index (κ1) is 24.2. The summed E-state index contributed by atoms with van der Waals surface area (Å²) < 4.78 is 48.1. The molecule has 2 aliphatic heterocycles. The SMILES string of the molecule is COc1ccc([C@H]2C[C@@H](C(F)(F)F)n3nc(C(=O)N4CCN(Cc5ccccc5)CC4)cc3N2)cc1. The number of aromatic nitrogens is 2. The predicted molar refractivity (Wildman–Crippen MR) is 129 cm³/mol. The van der Waals surface area contributed by atoms with Crippen LogP contribution in [-0.2, 0) is 6.54 Å². The zero-order valence-corrected chi connectivity index (χ0v) is 19.9. The minimum Gasteiger partial charge on any atom is -0.497 e. The second-order valence-electron chi connectivity index (χ2n) is 9.18. The van der Waals surface area contributed by atoms with Crippen molar-refractivity contribution in [2.45, 2.75) is 31.2 Å². The van der Waals surface area contributed by atoms with Crippen LogP contribution in [0.5, 0.6) is 5.75 Å². The summed E-state index contributed by atoms with van der Waals surface area (Å²) in [6.07, 6.45) is -4.73. The van der Waals surface area contributed by atoms with Crippen molar-refractivity contribution in [2.24, 2.45) is 0 Å². The molecule has 1 amide bonds. The van der Waals surface area contributed by atoms with Crippen LogP contribution in [0.1, 0.15) is 40.1 Å². The van der Waals surface area contributed by atoms with E-state index in [1.54, 1.807) is 29.2 Å². The summed E-state index contributed by atoms with van der Waals surface area (Å²) in [5.74, 6) is 0.471. The number of carbonyl (C=O) groups is 1. The molecule has 0 bridgehead atoms. The second-order valence-corrected chi connectivity index (χ2v) is 9.18. The summed E-state index contributed by atoms with van der Waals surface area (Å²) >= 11 is 0. The molecule has 2 aliphatic rings. The molecule has 10 heteroatoms. The van der Waals surface area contributed by atoms with Crippen molar-refractivity contribution in [3.63, 3.8) is 0 Å². The molecular weight excluding hydrogens is 471 g/mol. The molecule has 0 aliphatic carbocycles. The van der Waals surface area contributed by atoms with E-state index in [0.717, 1.165) is 11.2 Å². The Balaban J connectivity index is 1.30. The van der Waals surface area contributed by atoms with Gasteiger partial charge >= 0.3 is 6.18 Å². The van der Waals surface area contributed by atoms with Crippen molar-refractivity contribution in [3.05, 3.63) is 77.5 Å². The Morgan fingerprint density at radius 3 is 2.39 bits per heavy atom. The first-order chi connectivity index (χ1) is 17.3. The Bertz CT molecular complexity index is 1190. The molecule has 36 heavy (non-hydrogen) atoms. The van der Waals surface area contributed by atoms with E-state index in [1.807, 2.05) is 18.2 Å². The molecule has 2 aromatic carbocycles. The average molecular weight is 500 g/mol. The van der Waals surface area contributed by atoms with E-state index in [4.69, 9.17) is 4.74 Å². The lowest BCUT2D eigenvalue weighted by Gasteiger charge is -2.34. The number of carbonyl (C=O) groups excluding carboxylic acids is 1. The molecule has 1 N–H and O–H groups in total. The number of rotatable bonds is 5. The number of amides is 1. The van der Waals surface area contributed by atoms with Gasteiger partial charge in [0.15, 0.2) is 11.7 Å². The smallest absolute Gasteiger partial charge is 0.410 e. The second kappa shape index (κ2) is 9.85. The van der Waals surface area contributed by atoms with Gasteiger partial charge in [-0.25, -0.2) is 4.68 Å². The molecule has 5 rings (SSSR count). The standard InChI is InChI=1S/C26H28F3N5O2/c1-36-20-9-7-19(8-10-20)21-15-23(26(27,28)29)34-24(30-21)16-22(31-34)25(35)33-13-11-32(12-14-33)17-18-5-3-2-4-6-18/h2-10,16,21,23,30H,11-15,17H2,1H3/t21-,23+/m1/s1. The van der Waals surface area contributed by atoms with Crippen molar-refractivity contribution >= 4 is 11.7 Å². The molecule has 0 saturated carbocycles. The van der Waals surface area contributed by atoms with Crippen LogP contribution in [0.2, 0.25) is 0 Å². The van der Waals surface area contributed by atoms with Gasteiger partial charge in [0.2, 0.25) is 0 Å². The van der Waals surface area contributed by atoms with Crippen molar-refractivity contribution in [1.29, 1.82) is 0 Å². The van der Waals surface area contributed by atoms with Gasteiger partial charge in [0.05, 0.1) is 13.2 Å². The van der Waals surface area contributed by atoms with E-state index >= 15 is 0 Å². The van der Waals surface area contributed by atoms with Crippen LogP contribution in [0.4, 0.5) is 19.0 Å². The molecule has 1 aromatic heterocycles. The highest BCUT2D eigenvalue weighted by molar-refractivity contribution is 5.93. The molecule has 0 unspecified atom stereocenters. The summed E-state index contributed by atoms with van der Waals surface area (Å²) in [6, 6.07) is 16.1. The van der Waals surface area contributed by atoms with Gasteiger partial charge in [-0.15, -0.1) is 0 Å². The van der Waals surface area contributed by atoms with E-state index in [2.05, 4.69) is 27.4 Å². The van der Waals surface area contributed by atoms with Crippen LogP contribution in [0.3, 0.4) is 0 Å². The maximum Gasteiger partial charge on any atom is 0.410 e. The summed E-state index contributed by atoms with van der Waals surface area (Å²) in [5.41, 5.74) is 1.94. The van der Waals surface area contributed by atoms with E-state index in [9.17, 15) is 18.0 Å². The maximum atomic E-state index is 14.0. The number of ether oxygens (including phenoxy) is 1. The number of fused-ring (bicyclic) bond motifs is 1. The Morgan fingerprint density at radius 2 is 1.75 bits per heavy atom. The van der Waals surface area contributed by atoms with Gasteiger partial charge in [-0.05, 0) is 23.3 Å². The number of alkyl halides is 3. The lowest BCUT2D eigenvalue weighted by Crippen LogP contribution is -2.48. The van der Waals surface area contributed by atoms with Crippen molar-refractivity contribution in [1.82, 2.24) is 19.6 Å². The van der Waals surface area contributed by atoms with Crippen LogP contribution in [-0.4, -0.2) is 65.0 Å². The molecular formula is C26H28F3N5O2. The van der Waals surface area contributed by atoms with Crippen LogP contribution < -0.4 is 10.1 Å². The average Bonchev–Trinajstić information content (AvgIpc) is 3.32. The number of hydrogen-bond acceptors (Lipinski definition) is 5. The fraction of sp³-hybridized carbons (Fsp3) is 0.385. The Labute approximate surface area is 207 Å². The Hall–Kier alpha value is -3.53. The van der Waals surface area contributed by atoms with Crippen molar-refractivity contribution in [3.8, 4) is 5.75 Å². The van der Waals surface area contributed by atoms with Gasteiger partial charge in [-0.1, -0.05) is 42.5 Å². The monoisotopic (exact) mass is 499 g/mol. The van der Waals surface area contributed by atoms with Gasteiger partial charge in [-0.3, -0.25) is 9.69 Å². The lowest BCUT2D eigenvalue weighted by molar-refractivity contribution is -0.173. The van der Waals surface area contributed by atoms with Crippen LogP contribution in [0.25, 0.3) is 0 Å². The Kier molecular flexibility index (Phi) is 6.61. The normalized spacial score (nSPS) is 20.5. The third-order valence-corrected chi connectivity index (χ3v) is 6.84. The molecule has 3 aromatic rings. The van der Waals surface area contributed by atoms with E-state index < -0.39 is 18.3 Å². The number of methoxy groups -OCH3 is 1. The van der Waals surface area contributed by atoms with Gasteiger partial charge in [-0.2, -0.15) is 18.3 Å². The minimum atomic E-state index is -4.50. The summed E-state index contributed by atoms with van der Waals surface area (Å²) in [7, 11) is 1.54. The molecule has 0 spiro atoms. The summed E-state index contributed by atoms with van der Waals surface area (Å²) in [5, 5.41) is 7.27. The van der Waals surface area contributed by atoms with Gasteiger partial charge in [0.1, 0.15) is 11.6 Å². The molecule has 190 valence electrons. The molecule has 1 saturated heterocycles. The van der Waals surface area contributed by atoms with Gasteiger partial charge in [0.25, 0.3) is 5.91 Å². The highest BCUT2D eigenvalue weighted by Gasteiger charge is 2.47. The number of halogens is 3. The van der Waals surface area contributed by atoms with E-state index in [-0.39, 0.29) is 23.8 Å². The maximum absolute atomic E-state index is 14.0. The Morgan fingerprint density at radius 1 is 1.06 bits per heavy atom. The number of nitrogens with one attached hydrogen (secondary N) is 1. The highest BCUT2D eigenvalue weighted by Crippen LogP contribution is 2.43. The number of piperazine rings is 1. The predicted octanol–water partition coefficient (Wildman–Crippen LogP) is 4.51. The van der Waals surface area contributed by atoms with Crippen LogP contribution in [0, 0.1) is 0 Å². The van der Waals surface area contributed by atoms with Crippen molar-refractivity contribution in [2.75, 3.05) is 38.6 Å². The first-order valence-electron chi connectivity index (χ1n) is 11.9. The number of hydrogen-bond donors (Lipinski definition) is 1. The zero-order chi connectivity index (χ0) is 25.3. The molecule has 2 atom stereocenters. The van der Waals surface area contributed by atoms with E-state index in [1.165, 1.54) is 18.7 Å². The zero-order valence-electron chi connectivity index (χ0n) is 19.9. The first-order valence-corrected chi connectivity index (χ1v) is 11.9. The fourth-order valence-corrected chi connectivity index (χ4v) is 4.85. The molecule has 3 heterocycles. The minimum absolute atomic E-state index is 0.0265. The lowest BCUT2D eigenvalue weighted by atomic mass is 9.97. The summed E-state index contributed by atoms with van der Waals surface area (Å²) in [6.45, 7) is 3.18. The highest BCUT2D eigenvalue weighted by atomic mass is 19.4. The largest absolute Gasteiger partial charge is 0.497 e. The van der Waals surface area contributed by atoms with E-state index in [0.29, 0.717) is 37.5 Å². The topological polar surface area (TPSA) is 62.6 Å². The number of anilines is 1. The van der Waals surface area contributed by atoms with Gasteiger partial charge < -0.3 is 15.0 Å². The number of nitrogens with zero attached hydrogens (tertiary/aromatic N) is 4. The molecule has 0 radical (unpaired) electrons. The van der Waals surface area contributed by atoms with Crippen LogP contribution >= 0.6 is 0 Å². The summed E-state index contributed by atoms with van der Waals surface area (Å²) in [4.78, 5) is 17.1. The van der Waals surface area contributed by atoms with Crippen molar-refractivity contribution < 1.29 is 22.7 Å². The fourth-order valence-electron chi connectivity index (χ4n) is 4.85. The quantitative estimate of drug-likeness (QED) is 0.560. The molecule has 7 nitrogen and oxygen atoms in total.